The van der Waals surface area contributed by atoms with E-state index in [-0.39, 0.29) is 0 Å². The lowest BCUT2D eigenvalue weighted by Gasteiger charge is -2.15. The average Bonchev–Trinajstić information content (AvgIpc) is 2.97. The van der Waals surface area contributed by atoms with Gasteiger partial charge in [-0.15, -0.1) is 0 Å². The van der Waals surface area contributed by atoms with Crippen LogP contribution in [-0.2, 0) is 6.42 Å². The van der Waals surface area contributed by atoms with Crippen LogP contribution in [0.1, 0.15) is 18.4 Å². The third-order valence-corrected chi connectivity index (χ3v) is 4.07. The number of benzene rings is 2. The van der Waals surface area contributed by atoms with E-state index in [4.69, 9.17) is 4.74 Å². The van der Waals surface area contributed by atoms with Crippen molar-refractivity contribution in [3.8, 4) is 5.75 Å². The molecule has 1 heterocycles. The molecule has 0 bridgehead atoms. The van der Waals surface area contributed by atoms with Gasteiger partial charge in [0.05, 0.1) is 7.11 Å². The summed E-state index contributed by atoms with van der Waals surface area (Å²) in [6.45, 7) is 3.74. The first-order chi connectivity index (χ1) is 9.36. The van der Waals surface area contributed by atoms with Gasteiger partial charge >= 0.3 is 0 Å². The molecular weight excluding hydrogens is 234 g/mol. The molecule has 1 aliphatic rings. The Labute approximate surface area is 115 Å². The molecule has 0 unspecified atom stereocenters. The molecule has 2 aromatic carbocycles. The summed E-state index contributed by atoms with van der Waals surface area (Å²) in [5.41, 5.74) is 1.45. The molecule has 100 valence electrons. The van der Waals surface area contributed by atoms with E-state index in [1.807, 2.05) is 0 Å². The van der Waals surface area contributed by atoms with Gasteiger partial charge < -0.3 is 9.64 Å². The van der Waals surface area contributed by atoms with Gasteiger partial charge in [0.25, 0.3) is 0 Å². The Balaban J connectivity index is 1.82. The van der Waals surface area contributed by atoms with E-state index in [2.05, 4.69) is 41.3 Å². The number of methoxy groups -OCH3 is 1. The Morgan fingerprint density at radius 2 is 1.95 bits per heavy atom. The molecule has 0 aliphatic carbocycles. The quantitative estimate of drug-likeness (QED) is 0.829. The van der Waals surface area contributed by atoms with Crippen LogP contribution in [0.2, 0.25) is 0 Å². The molecule has 3 rings (SSSR count). The zero-order valence-corrected chi connectivity index (χ0v) is 11.6. The lowest BCUT2D eigenvalue weighted by Crippen LogP contribution is -2.21. The van der Waals surface area contributed by atoms with Crippen LogP contribution in [0.25, 0.3) is 10.8 Å². The second-order valence-corrected chi connectivity index (χ2v) is 5.30. The largest absolute Gasteiger partial charge is 0.497 e. The lowest BCUT2D eigenvalue weighted by molar-refractivity contribution is 0.344. The van der Waals surface area contributed by atoms with Gasteiger partial charge in [-0.25, -0.2) is 0 Å². The fourth-order valence-corrected chi connectivity index (χ4v) is 2.96. The first kappa shape index (κ1) is 12.5. The minimum absolute atomic E-state index is 0.934. The standard InChI is InChI=1S/C17H21NO/c1-19-16-7-8-17-14(5-4-6-15(17)13-16)9-12-18-10-2-3-11-18/h4-8,13H,2-3,9-12H2,1H3. The molecule has 0 atom stereocenters. The third-order valence-electron chi connectivity index (χ3n) is 4.07. The van der Waals surface area contributed by atoms with Crippen molar-refractivity contribution < 1.29 is 4.74 Å². The van der Waals surface area contributed by atoms with E-state index in [9.17, 15) is 0 Å². The highest BCUT2D eigenvalue weighted by Crippen LogP contribution is 2.24. The molecule has 0 saturated carbocycles. The summed E-state index contributed by atoms with van der Waals surface area (Å²) >= 11 is 0. The first-order valence-corrected chi connectivity index (χ1v) is 7.15. The van der Waals surface area contributed by atoms with Crippen LogP contribution in [0.15, 0.2) is 36.4 Å². The Morgan fingerprint density at radius 3 is 2.74 bits per heavy atom. The molecule has 1 saturated heterocycles. The van der Waals surface area contributed by atoms with Crippen molar-refractivity contribution >= 4 is 10.8 Å². The lowest BCUT2D eigenvalue weighted by atomic mass is 10.0. The van der Waals surface area contributed by atoms with Gasteiger partial charge in [0, 0.05) is 6.54 Å². The second-order valence-electron chi connectivity index (χ2n) is 5.30. The summed E-state index contributed by atoms with van der Waals surface area (Å²) in [6, 6.07) is 12.9. The van der Waals surface area contributed by atoms with Crippen LogP contribution in [0.5, 0.6) is 5.75 Å². The smallest absolute Gasteiger partial charge is 0.119 e. The molecule has 19 heavy (non-hydrogen) atoms. The van der Waals surface area contributed by atoms with Gasteiger partial charge in [-0.05, 0) is 60.8 Å². The highest BCUT2D eigenvalue weighted by molar-refractivity contribution is 5.87. The van der Waals surface area contributed by atoms with Crippen molar-refractivity contribution in [1.29, 1.82) is 0 Å². The van der Waals surface area contributed by atoms with Gasteiger partial charge in [-0.1, -0.05) is 24.3 Å². The molecule has 0 radical (unpaired) electrons. The number of hydrogen-bond acceptors (Lipinski definition) is 2. The van der Waals surface area contributed by atoms with Crippen molar-refractivity contribution in [3.05, 3.63) is 42.0 Å². The van der Waals surface area contributed by atoms with Crippen molar-refractivity contribution in [3.63, 3.8) is 0 Å². The van der Waals surface area contributed by atoms with Gasteiger partial charge in [0.1, 0.15) is 5.75 Å². The first-order valence-electron chi connectivity index (χ1n) is 7.15. The summed E-state index contributed by atoms with van der Waals surface area (Å²) in [5, 5.41) is 2.64. The summed E-state index contributed by atoms with van der Waals surface area (Å²) in [7, 11) is 1.72. The summed E-state index contributed by atoms with van der Waals surface area (Å²) in [6.07, 6.45) is 3.88. The second kappa shape index (κ2) is 5.62. The molecule has 2 nitrogen and oxygen atoms in total. The molecule has 2 heteroatoms. The van der Waals surface area contributed by atoms with Crippen LogP contribution < -0.4 is 4.74 Å². The number of rotatable bonds is 4. The minimum Gasteiger partial charge on any atom is -0.497 e. The molecular formula is C17H21NO. The van der Waals surface area contributed by atoms with E-state index >= 15 is 0 Å². The van der Waals surface area contributed by atoms with Gasteiger partial charge in [-0.3, -0.25) is 0 Å². The molecule has 2 aromatic rings. The van der Waals surface area contributed by atoms with Crippen molar-refractivity contribution in [2.45, 2.75) is 19.3 Å². The topological polar surface area (TPSA) is 12.5 Å². The SMILES string of the molecule is COc1ccc2c(CCN3CCCC3)cccc2c1. The average molecular weight is 255 g/mol. The zero-order valence-electron chi connectivity index (χ0n) is 11.6. The van der Waals surface area contributed by atoms with Crippen LogP contribution >= 0.6 is 0 Å². The predicted octanol–water partition coefficient (Wildman–Crippen LogP) is 3.49. The van der Waals surface area contributed by atoms with Gasteiger partial charge in [0.15, 0.2) is 0 Å². The van der Waals surface area contributed by atoms with Crippen molar-refractivity contribution in [2.24, 2.45) is 0 Å². The fraction of sp³-hybridized carbons (Fsp3) is 0.412. The van der Waals surface area contributed by atoms with Crippen LogP contribution in [0.3, 0.4) is 0 Å². The summed E-state index contributed by atoms with van der Waals surface area (Å²) in [4.78, 5) is 2.57. The normalized spacial score (nSPS) is 16.1. The van der Waals surface area contributed by atoms with Crippen LogP contribution in [0, 0.1) is 0 Å². The summed E-state index contributed by atoms with van der Waals surface area (Å²) in [5.74, 6) is 0.934. The number of nitrogens with zero attached hydrogens (tertiary/aromatic N) is 1. The molecule has 0 aromatic heterocycles. The Kier molecular flexibility index (Phi) is 3.69. The van der Waals surface area contributed by atoms with E-state index in [1.165, 1.54) is 48.8 Å². The molecule has 0 spiro atoms. The maximum Gasteiger partial charge on any atom is 0.119 e. The number of ether oxygens (including phenoxy) is 1. The molecule has 1 fully saturated rings. The zero-order chi connectivity index (χ0) is 13.1. The van der Waals surface area contributed by atoms with E-state index in [0.717, 1.165) is 12.2 Å². The van der Waals surface area contributed by atoms with Gasteiger partial charge in [-0.2, -0.15) is 0 Å². The van der Waals surface area contributed by atoms with E-state index in [1.54, 1.807) is 7.11 Å². The molecule has 1 aliphatic heterocycles. The predicted molar refractivity (Wildman–Crippen MR) is 79.9 cm³/mol. The Morgan fingerprint density at radius 1 is 1.11 bits per heavy atom. The van der Waals surface area contributed by atoms with Crippen molar-refractivity contribution in [1.82, 2.24) is 4.90 Å². The summed E-state index contributed by atoms with van der Waals surface area (Å²) < 4.78 is 5.30. The maximum absolute atomic E-state index is 5.30. The van der Waals surface area contributed by atoms with E-state index in [0.29, 0.717) is 0 Å². The fourth-order valence-electron chi connectivity index (χ4n) is 2.96. The van der Waals surface area contributed by atoms with E-state index < -0.39 is 0 Å². The highest BCUT2D eigenvalue weighted by Gasteiger charge is 2.11. The third kappa shape index (κ3) is 2.74. The molecule has 0 amide bonds. The maximum atomic E-state index is 5.30. The monoisotopic (exact) mass is 255 g/mol. The van der Waals surface area contributed by atoms with Gasteiger partial charge in [0.2, 0.25) is 0 Å². The Hall–Kier alpha value is -1.54. The highest BCUT2D eigenvalue weighted by atomic mass is 16.5. The van der Waals surface area contributed by atoms with Crippen LogP contribution in [-0.4, -0.2) is 31.6 Å². The Bertz CT molecular complexity index is 558. The minimum atomic E-state index is 0.934. The number of fused-ring (bicyclic) bond motifs is 1. The number of hydrogen-bond donors (Lipinski definition) is 0. The number of likely N-dealkylation sites (tertiary alicyclic amines) is 1. The molecule has 0 N–H and O–H groups in total. The van der Waals surface area contributed by atoms with Crippen molar-refractivity contribution in [2.75, 3.05) is 26.7 Å². The van der Waals surface area contributed by atoms with Crippen LogP contribution in [0.4, 0.5) is 0 Å².